The van der Waals surface area contributed by atoms with Gasteiger partial charge in [0.2, 0.25) is 15.9 Å². The van der Waals surface area contributed by atoms with E-state index in [9.17, 15) is 13.2 Å². The number of nitrogens with two attached hydrogens (primary N) is 1. The van der Waals surface area contributed by atoms with E-state index < -0.39 is 10.0 Å². The van der Waals surface area contributed by atoms with Gasteiger partial charge >= 0.3 is 0 Å². The number of amides is 1. The van der Waals surface area contributed by atoms with E-state index in [1.54, 1.807) is 6.07 Å². The molecular formula is C20H27N3O3S2. The summed E-state index contributed by atoms with van der Waals surface area (Å²) in [6, 6.07) is 12.6. The second kappa shape index (κ2) is 9.95. The largest absolute Gasteiger partial charge is 0.370 e. The van der Waals surface area contributed by atoms with Crippen molar-refractivity contribution < 1.29 is 13.2 Å². The van der Waals surface area contributed by atoms with Gasteiger partial charge in [-0.3, -0.25) is 4.79 Å². The predicted molar refractivity (Wildman–Crippen MR) is 117 cm³/mol. The monoisotopic (exact) mass is 421 g/mol. The third-order valence-corrected chi connectivity index (χ3v) is 6.32. The van der Waals surface area contributed by atoms with Crippen LogP contribution < -0.4 is 15.4 Å². The molecule has 0 unspecified atom stereocenters. The average Bonchev–Trinajstić information content (AvgIpc) is 2.64. The van der Waals surface area contributed by atoms with Gasteiger partial charge < -0.3 is 10.2 Å². The van der Waals surface area contributed by atoms with Gasteiger partial charge in [-0.15, -0.1) is 11.8 Å². The summed E-state index contributed by atoms with van der Waals surface area (Å²) in [6.07, 6.45) is 0. The number of rotatable bonds is 9. The fraction of sp³-hybridized carbons (Fsp3) is 0.350. The molecule has 0 saturated heterocycles. The van der Waals surface area contributed by atoms with Crippen LogP contribution in [0.15, 0.2) is 47.4 Å². The summed E-state index contributed by atoms with van der Waals surface area (Å²) in [4.78, 5) is 14.5. The van der Waals surface area contributed by atoms with Crippen LogP contribution in [0.5, 0.6) is 0 Å². The van der Waals surface area contributed by atoms with E-state index in [1.807, 2.05) is 49.9 Å². The standard InChI is InChI=1S/C20H27N3O3S2/c1-4-23(5-2)19-11-10-17(28(21,25)26)12-18(19)22-20(24)14-27-13-16-9-7-6-8-15(16)3/h6-12H,4-5,13-14H2,1-3H3,(H,22,24)(H2,21,25,26). The van der Waals surface area contributed by atoms with Crippen molar-refractivity contribution in [2.75, 3.05) is 29.1 Å². The van der Waals surface area contributed by atoms with Crippen LogP contribution in [0.1, 0.15) is 25.0 Å². The Hall–Kier alpha value is -2.03. The van der Waals surface area contributed by atoms with Crippen molar-refractivity contribution >= 4 is 39.1 Å². The Morgan fingerprint density at radius 3 is 2.43 bits per heavy atom. The Morgan fingerprint density at radius 1 is 1.14 bits per heavy atom. The highest BCUT2D eigenvalue weighted by molar-refractivity contribution is 7.99. The summed E-state index contributed by atoms with van der Waals surface area (Å²) in [5.41, 5.74) is 3.62. The first kappa shape index (κ1) is 22.3. The second-order valence-electron chi connectivity index (χ2n) is 6.36. The molecule has 8 heteroatoms. The van der Waals surface area contributed by atoms with Crippen molar-refractivity contribution in [3.8, 4) is 0 Å². The topological polar surface area (TPSA) is 92.5 Å². The first-order valence-corrected chi connectivity index (χ1v) is 11.8. The normalized spacial score (nSPS) is 11.3. The third-order valence-electron chi connectivity index (χ3n) is 4.43. The molecule has 1 amide bonds. The molecule has 152 valence electrons. The number of anilines is 2. The van der Waals surface area contributed by atoms with Gasteiger partial charge in [-0.2, -0.15) is 0 Å². The minimum atomic E-state index is -3.85. The summed E-state index contributed by atoms with van der Waals surface area (Å²) in [7, 11) is -3.85. The molecule has 2 aromatic carbocycles. The second-order valence-corrected chi connectivity index (χ2v) is 8.91. The molecule has 0 fully saturated rings. The molecule has 6 nitrogen and oxygen atoms in total. The van der Waals surface area contributed by atoms with Gasteiger partial charge in [0.1, 0.15) is 0 Å². The maximum atomic E-state index is 12.5. The third kappa shape index (κ3) is 5.98. The first-order valence-electron chi connectivity index (χ1n) is 9.10. The Balaban J connectivity index is 2.13. The van der Waals surface area contributed by atoms with Gasteiger partial charge in [0.15, 0.2) is 0 Å². The molecule has 0 heterocycles. The van der Waals surface area contributed by atoms with E-state index >= 15 is 0 Å². The molecule has 2 aromatic rings. The highest BCUT2D eigenvalue weighted by atomic mass is 32.2. The molecule has 0 spiro atoms. The summed E-state index contributed by atoms with van der Waals surface area (Å²) in [6.45, 7) is 7.51. The van der Waals surface area contributed by atoms with Crippen molar-refractivity contribution in [2.45, 2.75) is 31.4 Å². The number of benzene rings is 2. The quantitative estimate of drug-likeness (QED) is 0.648. The average molecular weight is 422 g/mol. The van der Waals surface area contributed by atoms with E-state index in [2.05, 4.69) is 5.32 Å². The van der Waals surface area contributed by atoms with Crippen LogP contribution in [-0.4, -0.2) is 33.2 Å². The van der Waals surface area contributed by atoms with E-state index in [-0.39, 0.29) is 16.6 Å². The molecule has 0 aliphatic heterocycles. The van der Waals surface area contributed by atoms with Gasteiger partial charge in [-0.1, -0.05) is 24.3 Å². The lowest BCUT2D eigenvalue weighted by molar-refractivity contribution is -0.113. The van der Waals surface area contributed by atoms with Crippen molar-refractivity contribution in [3.63, 3.8) is 0 Å². The molecule has 0 aliphatic rings. The number of hydrogen-bond donors (Lipinski definition) is 2. The van der Waals surface area contributed by atoms with Crippen LogP contribution in [0.2, 0.25) is 0 Å². The van der Waals surface area contributed by atoms with Crippen LogP contribution in [0.25, 0.3) is 0 Å². The van der Waals surface area contributed by atoms with Gasteiger partial charge in [-0.05, 0) is 50.1 Å². The zero-order chi connectivity index (χ0) is 20.7. The van der Waals surface area contributed by atoms with Crippen LogP contribution in [-0.2, 0) is 20.6 Å². The number of carbonyl (C=O) groups is 1. The number of aryl methyl sites for hydroxylation is 1. The van der Waals surface area contributed by atoms with Crippen LogP contribution in [0, 0.1) is 6.92 Å². The SMILES string of the molecule is CCN(CC)c1ccc(S(N)(=O)=O)cc1NC(=O)CSCc1ccccc1C. The van der Waals surface area contributed by atoms with Crippen molar-refractivity contribution in [1.29, 1.82) is 0 Å². The Labute approximate surface area is 171 Å². The van der Waals surface area contributed by atoms with Crippen molar-refractivity contribution in [3.05, 3.63) is 53.6 Å². The van der Waals surface area contributed by atoms with Crippen LogP contribution in [0.3, 0.4) is 0 Å². The maximum absolute atomic E-state index is 12.5. The van der Waals surface area contributed by atoms with Crippen molar-refractivity contribution in [1.82, 2.24) is 0 Å². The van der Waals surface area contributed by atoms with Gasteiger partial charge in [0.05, 0.1) is 22.0 Å². The first-order chi connectivity index (χ1) is 13.3. The summed E-state index contributed by atoms with van der Waals surface area (Å²) in [5, 5.41) is 8.10. The minimum Gasteiger partial charge on any atom is -0.370 e. The fourth-order valence-corrected chi connectivity index (χ4v) is 4.29. The number of sulfonamides is 1. The molecule has 0 atom stereocenters. The smallest absolute Gasteiger partial charge is 0.238 e. The highest BCUT2D eigenvalue weighted by Gasteiger charge is 2.16. The number of carbonyl (C=O) groups excluding carboxylic acids is 1. The number of nitrogens with zero attached hydrogens (tertiary/aromatic N) is 1. The van der Waals surface area contributed by atoms with E-state index in [0.717, 1.165) is 24.5 Å². The molecular weight excluding hydrogens is 394 g/mol. The minimum absolute atomic E-state index is 0.0220. The highest BCUT2D eigenvalue weighted by Crippen LogP contribution is 2.29. The Bertz CT molecular complexity index is 926. The molecule has 0 radical (unpaired) electrons. The van der Waals surface area contributed by atoms with Crippen LogP contribution >= 0.6 is 11.8 Å². The molecule has 0 saturated carbocycles. The number of thioether (sulfide) groups is 1. The van der Waals surface area contributed by atoms with Crippen molar-refractivity contribution in [2.24, 2.45) is 5.14 Å². The lowest BCUT2D eigenvalue weighted by Gasteiger charge is -2.24. The number of hydrogen-bond acceptors (Lipinski definition) is 5. The maximum Gasteiger partial charge on any atom is 0.238 e. The summed E-state index contributed by atoms with van der Waals surface area (Å²) >= 11 is 1.51. The summed E-state index contributed by atoms with van der Waals surface area (Å²) < 4.78 is 23.4. The van der Waals surface area contributed by atoms with Crippen LogP contribution in [0.4, 0.5) is 11.4 Å². The number of primary sulfonamides is 1. The van der Waals surface area contributed by atoms with E-state index in [4.69, 9.17) is 5.14 Å². The lowest BCUT2D eigenvalue weighted by Crippen LogP contribution is -2.25. The molecule has 2 rings (SSSR count). The van der Waals surface area contributed by atoms with Gasteiger partial charge in [-0.25, -0.2) is 13.6 Å². The van der Waals surface area contributed by atoms with E-state index in [0.29, 0.717) is 5.69 Å². The number of nitrogens with one attached hydrogen (secondary N) is 1. The Morgan fingerprint density at radius 2 is 1.82 bits per heavy atom. The molecule has 0 bridgehead atoms. The lowest BCUT2D eigenvalue weighted by atomic mass is 10.1. The molecule has 28 heavy (non-hydrogen) atoms. The zero-order valence-electron chi connectivity index (χ0n) is 16.4. The van der Waals surface area contributed by atoms with Gasteiger partial charge in [0, 0.05) is 18.8 Å². The van der Waals surface area contributed by atoms with Gasteiger partial charge in [0.25, 0.3) is 0 Å². The zero-order valence-corrected chi connectivity index (χ0v) is 18.1. The van der Waals surface area contributed by atoms with E-state index in [1.165, 1.54) is 35.0 Å². The Kier molecular flexibility index (Phi) is 7.91. The fourth-order valence-electron chi connectivity index (χ4n) is 2.84. The molecule has 3 N–H and O–H groups in total. The molecule has 0 aliphatic carbocycles. The molecule has 0 aromatic heterocycles. The predicted octanol–water partition coefficient (Wildman–Crippen LogP) is 3.36. The summed E-state index contributed by atoms with van der Waals surface area (Å²) in [5.74, 6) is 0.824.